The van der Waals surface area contributed by atoms with Crippen LogP contribution < -0.4 is 10.1 Å². The van der Waals surface area contributed by atoms with Gasteiger partial charge in [-0.15, -0.1) is 0 Å². The first-order chi connectivity index (χ1) is 13.2. The Bertz CT molecular complexity index is 791. The number of carbonyl (C=O) groups is 2. The minimum atomic E-state index is -4.46. The van der Waals surface area contributed by atoms with E-state index < -0.39 is 35.8 Å². The van der Waals surface area contributed by atoms with Crippen molar-refractivity contribution in [3.8, 4) is 5.75 Å². The molecule has 0 aliphatic rings. The third-order valence-electron chi connectivity index (χ3n) is 3.80. The fraction of sp³-hybridized carbons (Fsp3) is 0.300. The van der Waals surface area contributed by atoms with Gasteiger partial charge in [0.25, 0.3) is 5.91 Å². The molecule has 0 saturated heterocycles. The molecule has 0 saturated carbocycles. The predicted octanol–water partition coefficient (Wildman–Crippen LogP) is 4.43. The van der Waals surface area contributed by atoms with Gasteiger partial charge >= 0.3 is 12.1 Å². The van der Waals surface area contributed by atoms with E-state index in [0.717, 1.165) is 24.3 Å². The van der Waals surface area contributed by atoms with E-state index in [1.807, 2.05) is 0 Å². The lowest BCUT2D eigenvalue weighted by Gasteiger charge is -2.19. The molecular formula is C20H20F3NO4. The summed E-state index contributed by atoms with van der Waals surface area (Å²) in [6.45, 7) is 3.11. The van der Waals surface area contributed by atoms with Crippen LogP contribution in [-0.2, 0) is 20.5 Å². The van der Waals surface area contributed by atoms with Gasteiger partial charge in [0.15, 0.2) is 12.2 Å². The molecule has 0 bridgehead atoms. The van der Waals surface area contributed by atoms with Crippen LogP contribution in [0.2, 0.25) is 0 Å². The van der Waals surface area contributed by atoms with Gasteiger partial charge in [-0.2, -0.15) is 13.2 Å². The van der Waals surface area contributed by atoms with E-state index in [4.69, 9.17) is 9.47 Å². The maximum absolute atomic E-state index is 12.6. The van der Waals surface area contributed by atoms with E-state index in [0.29, 0.717) is 12.2 Å². The Kier molecular flexibility index (Phi) is 7.03. The maximum atomic E-state index is 12.6. The second kappa shape index (κ2) is 9.25. The van der Waals surface area contributed by atoms with E-state index >= 15 is 0 Å². The molecule has 0 aliphatic heterocycles. The first-order valence-electron chi connectivity index (χ1n) is 8.61. The van der Waals surface area contributed by atoms with Crippen molar-refractivity contribution in [2.24, 2.45) is 0 Å². The first-order valence-corrected chi connectivity index (χ1v) is 8.61. The van der Waals surface area contributed by atoms with Crippen molar-refractivity contribution in [3.63, 3.8) is 0 Å². The van der Waals surface area contributed by atoms with Crippen molar-refractivity contribution in [2.75, 3.05) is 5.32 Å². The number of hydrogen-bond donors (Lipinski definition) is 1. The van der Waals surface area contributed by atoms with Crippen molar-refractivity contribution in [1.82, 2.24) is 0 Å². The average Bonchev–Trinajstić information content (AvgIpc) is 2.66. The fourth-order valence-corrected chi connectivity index (χ4v) is 2.25. The second-order valence-electron chi connectivity index (χ2n) is 5.97. The lowest BCUT2D eigenvalue weighted by molar-refractivity contribution is -0.160. The Morgan fingerprint density at radius 1 is 1.04 bits per heavy atom. The Morgan fingerprint density at radius 2 is 1.64 bits per heavy atom. The minimum Gasteiger partial charge on any atom is -0.479 e. The molecule has 0 spiro atoms. The van der Waals surface area contributed by atoms with Crippen LogP contribution in [0.3, 0.4) is 0 Å². The smallest absolute Gasteiger partial charge is 0.416 e. The third-order valence-corrected chi connectivity index (χ3v) is 3.80. The summed E-state index contributed by atoms with van der Waals surface area (Å²) in [5, 5.41) is 2.41. The summed E-state index contributed by atoms with van der Waals surface area (Å²) < 4.78 is 48.4. The number of halogens is 3. The summed E-state index contributed by atoms with van der Waals surface area (Å²) in [5.74, 6) is -0.878. The topological polar surface area (TPSA) is 64.6 Å². The number of esters is 1. The number of carbonyl (C=O) groups excluding carboxylic acids is 2. The lowest BCUT2D eigenvalue weighted by atomic mass is 10.2. The van der Waals surface area contributed by atoms with Gasteiger partial charge in [-0.1, -0.05) is 25.1 Å². The van der Waals surface area contributed by atoms with E-state index in [9.17, 15) is 22.8 Å². The summed E-state index contributed by atoms with van der Waals surface area (Å²) >= 11 is 0. The quantitative estimate of drug-likeness (QED) is 0.705. The van der Waals surface area contributed by atoms with Gasteiger partial charge in [-0.05, 0) is 49.7 Å². The van der Waals surface area contributed by atoms with Gasteiger partial charge in [-0.25, -0.2) is 4.79 Å². The van der Waals surface area contributed by atoms with Gasteiger partial charge < -0.3 is 14.8 Å². The molecule has 5 nitrogen and oxygen atoms in total. The monoisotopic (exact) mass is 395 g/mol. The highest BCUT2D eigenvalue weighted by atomic mass is 19.4. The van der Waals surface area contributed by atoms with Gasteiger partial charge in [-0.3, -0.25) is 4.79 Å². The lowest BCUT2D eigenvalue weighted by Crippen LogP contribution is -2.36. The van der Waals surface area contributed by atoms with E-state index in [2.05, 4.69) is 5.32 Å². The number of alkyl halides is 3. The molecule has 1 N–H and O–H groups in total. The maximum Gasteiger partial charge on any atom is 0.416 e. The molecule has 0 fully saturated rings. The predicted molar refractivity (Wildman–Crippen MR) is 96.8 cm³/mol. The zero-order valence-corrected chi connectivity index (χ0v) is 15.3. The normalized spacial score (nSPS) is 13.3. The van der Waals surface area contributed by atoms with E-state index in [-0.39, 0.29) is 5.69 Å². The molecule has 1 amide bonds. The van der Waals surface area contributed by atoms with Crippen LogP contribution in [0.4, 0.5) is 18.9 Å². The SMILES string of the molecule is CC[C@H](Oc1ccccc1)C(=O)O[C@H](C)C(=O)Nc1ccc(C(F)(F)F)cc1. The molecule has 0 heterocycles. The van der Waals surface area contributed by atoms with Crippen LogP contribution in [0.15, 0.2) is 54.6 Å². The molecule has 2 aromatic carbocycles. The van der Waals surface area contributed by atoms with E-state index in [1.165, 1.54) is 6.92 Å². The van der Waals surface area contributed by atoms with Crippen molar-refractivity contribution in [1.29, 1.82) is 0 Å². The number of anilines is 1. The number of nitrogens with one attached hydrogen (secondary N) is 1. The summed E-state index contributed by atoms with van der Waals surface area (Å²) in [7, 11) is 0. The Labute approximate surface area is 160 Å². The molecule has 2 atom stereocenters. The number of hydrogen-bond acceptors (Lipinski definition) is 4. The van der Waals surface area contributed by atoms with Gasteiger partial charge in [0.1, 0.15) is 5.75 Å². The number of para-hydroxylation sites is 1. The summed E-state index contributed by atoms with van der Waals surface area (Å²) in [5.41, 5.74) is -0.665. The van der Waals surface area contributed by atoms with Crippen LogP contribution >= 0.6 is 0 Å². The van der Waals surface area contributed by atoms with Crippen molar-refractivity contribution in [3.05, 3.63) is 60.2 Å². The molecular weight excluding hydrogens is 375 g/mol. The van der Waals surface area contributed by atoms with Crippen LogP contribution in [-0.4, -0.2) is 24.1 Å². The number of ether oxygens (including phenoxy) is 2. The fourth-order valence-electron chi connectivity index (χ4n) is 2.25. The van der Waals surface area contributed by atoms with Crippen molar-refractivity contribution < 1.29 is 32.2 Å². The summed E-state index contributed by atoms with van der Waals surface area (Å²) in [6, 6.07) is 12.7. The molecule has 2 aromatic rings. The molecule has 28 heavy (non-hydrogen) atoms. The first kappa shape index (κ1) is 21.3. The zero-order chi connectivity index (χ0) is 20.7. The molecule has 8 heteroatoms. The molecule has 2 rings (SSSR count). The second-order valence-corrected chi connectivity index (χ2v) is 5.97. The number of rotatable bonds is 7. The van der Waals surface area contributed by atoms with Crippen molar-refractivity contribution in [2.45, 2.75) is 38.7 Å². The summed E-state index contributed by atoms with van der Waals surface area (Å²) in [6.07, 6.45) is -6.16. The number of amides is 1. The Balaban J connectivity index is 1.92. The van der Waals surface area contributed by atoms with E-state index in [1.54, 1.807) is 37.3 Å². The van der Waals surface area contributed by atoms with Gasteiger partial charge in [0.05, 0.1) is 5.56 Å². The average molecular weight is 395 g/mol. The van der Waals surface area contributed by atoms with Gasteiger partial charge in [0, 0.05) is 5.69 Å². The standard InChI is InChI=1S/C20H20F3NO4/c1-3-17(28-16-7-5-4-6-8-16)19(26)27-13(2)18(25)24-15-11-9-14(10-12-15)20(21,22)23/h4-13,17H,3H2,1-2H3,(H,24,25)/t13-,17+/m1/s1. The van der Waals surface area contributed by atoms with Crippen LogP contribution in [0.25, 0.3) is 0 Å². The largest absolute Gasteiger partial charge is 0.479 e. The van der Waals surface area contributed by atoms with Crippen LogP contribution in [0, 0.1) is 0 Å². The third kappa shape index (κ3) is 6.00. The minimum absolute atomic E-state index is 0.161. The Morgan fingerprint density at radius 3 is 2.18 bits per heavy atom. The van der Waals surface area contributed by atoms with Gasteiger partial charge in [0.2, 0.25) is 0 Å². The molecule has 0 radical (unpaired) electrons. The highest BCUT2D eigenvalue weighted by molar-refractivity contribution is 5.95. The van der Waals surface area contributed by atoms with Crippen molar-refractivity contribution >= 4 is 17.6 Å². The highest BCUT2D eigenvalue weighted by Gasteiger charge is 2.30. The molecule has 150 valence electrons. The summed E-state index contributed by atoms with van der Waals surface area (Å²) in [4.78, 5) is 24.4. The number of benzene rings is 2. The highest BCUT2D eigenvalue weighted by Crippen LogP contribution is 2.29. The molecule has 0 aliphatic carbocycles. The zero-order valence-electron chi connectivity index (χ0n) is 15.3. The van der Waals surface area contributed by atoms with Crippen LogP contribution in [0.5, 0.6) is 5.75 Å². The molecule has 0 unspecified atom stereocenters. The Hall–Kier alpha value is -3.03. The molecule has 0 aromatic heterocycles. The van der Waals surface area contributed by atoms with Crippen LogP contribution in [0.1, 0.15) is 25.8 Å².